The Morgan fingerprint density at radius 3 is 2.93 bits per heavy atom. The second-order valence-electron chi connectivity index (χ2n) is 2.68. The lowest BCUT2D eigenvalue weighted by Gasteiger charge is -2.14. The Hall–Kier alpha value is -1.01. The van der Waals surface area contributed by atoms with Gasteiger partial charge in [0.1, 0.15) is 0 Å². The van der Waals surface area contributed by atoms with Crippen molar-refractivity contribution in [2.75, 3.05) is 25.5 Å². The SMILES string of the molecule is CN(CCO)C(=O)Nc1ccc(Br)o1. The number of carbonyl (C=O) groups is 1. The number of hydrogen-bond donors (Lipinski definition) is 2. The molecule has 2 N–H and O–H groups in total. The predicted molar refractivity (Wildman–Crippen MR) is 55.1 cm³/mol. The number of hydrogen-bond acceptors (Lipinski definition) is 3. The zero-order valence-corrected chi connectivity index (χ0v) is 9.24. The zero-order chi connectivity index (χ0) is 10.6. The monoisotopic (exact) mass is 262 g/mol. The summed E-state index contributed by atoms with van der Waals surface area (Å²) < 4.78 is 5.63. The molecule has 1 aromatic rings. The minimum absolute atomic E-state index is 0.0637. The molecule has 0 unspecified atom stereocenters. The predicted octanol–water partition coefficient (Wildman–Crippen LogP) is 1.50. The number of nitrogens with one attached hydrogen (secondary N) is 1. The molecule has 1 aromatic heterocycles. The van der Waals surface area contributed by atoms with Crippen LogP contribution in [-0.4, -0.2) is 36.2 Å². The van der Waals surface area contributed by atoms with Crippen molar-refractivity contribution in [1.29, 1.82) is 0 Å². The third kappa shape index (κ3) is 3.04. The number of urea groups is 1. The van der Waals surface area contributed by atoms with Crippen LogP contribution in [0.3, 0.4) is 0 Å². The molecule has 0 saturated carbocycles. The molecule has 0 aromatic carbocycles. The van der Waals surface area contributed by atoms with Crippen LogP contribution in [0.15, 0.2) is 21.2 Å². The van der Waals surface area contributed by atoms with Crippen molar-refractivity contribution in [3.8, 4) is 0 Å². The molecule has 0 aliphatic heterocycles. The third-order valence-electron chi connectivity index (χ3n) is 1.59. The number of anilines is 1. The molecule has 1 rings (SSSR count). The Bertz CT molecular complexity index is 313. The summed E-state index contributed by atoms with van der Waals surface area (Å²) in [6.07, 6.45) is 0. The molecule has 14 heavy (non-hydrogen) atoms. The van der Waals surface area contributed by atoms with Gasteiger partial charge in [-0.15, -0.1) is 0 Å². The maximum atomic E-state index is 11.3. The van der Waals surface area contributed by atoms with E-state index in [9.17, 15) is 4.79 Å². The van der Waals surface area contributed by atoms with Crippen molar-refractivity contribution in [3.05, 3.63) is 16.8 Å². The van der Waals surface area contributed by atoms with Gasteiger partial charge in [-0.25, -0.2) is 4.79 Å². The van der Waals surface area contributed by atoms with Gasteiger partial charge < -0.3 is 14.4 Å². The molecule has 6 heteroatoms. The number of likely N-dealkylation sites (N-methyl/N-ethyl adjacent to an activating group) is 1. The number of amides is 2. The molecular weight excluding hydrogens is 252 g/mol. The molecule has 0 aliphatic carbocycles. The quantitative estimate of drug-likeness (QED) is 0.868. The van der Waals surface area contributed by atoms with Gasteiger partial charge in [-0.2, -0.15) is 0 Å². The van der Waals surface area contributed by atoms with E-state index < -0.39 is 0 Å². The summed E-state index contributed by atoms with van der Waals surface area (Å²) in [7, 11) is 1.59. The maximum Gasteiger partial charge on any atom is 0.323 e. The summed E-state index contributed by atoms with van der Waals surface area (Å²) in [6.45, 7) is 0.222. The Labute approximate surface area is 89.8 Å². The lowest BCUT2D eigenvalue weighted by Crippen LogP contribution is -2.33. The molecule has 0 aliphatic rings. The van der Waals surface area contributed by atoms with E-state index in [2.05, 4.69) is 21.2 Å². The van der Waals surface area contributed by atoms with Crippen molar-refractivity contribution in [3.63, 3.8) is 0 Å². The lowest BCUT2D eigenvalue weighted by atomic mass is 10.6. The van der Waals surface area contributed by atoms with Crippen LogP contribution in [0.4, 0.5) is 10.7 Å². The first kappa shape index (κ1) is 11.1. The fourth-order valence-electron chi connectivity index (χ4n) is 0.834. The Kier molecular flexibility index (Phi) is 3.97. The lowest BCUT2D eigenvalue weighted by molar-refractivity contribution is 0.201. The van der Waals surface area contributed by atoms with Gasteiger partial charge in [0.25, 0.3) is 0 Å². The summed E-state index contributed by atoms with van der Waals surface area (Å²) in [5.74, 6) is 0.367. The zero-order valence-electron chi connectivity index (χ0n) is 7.66. The molecule has 0 fully saturated rings. The van der Waals surface area contributed by atoms with Crippen molar-refractivity contribution in [2.45, 2.75) is 0 Å². The molecule has 78 valence electrons. The minimum Gasteiger partial charge on any atom is -0.434 e. The van der Waals surface area contributed by atoms with E-state index >= 15 is 0 Å². The van der Waals surface area contributed by atoms with Gasteiger partial charge in [-0.05, 0) is 22.0 Å². The van der Waals surface area contributed by atoms with Crippen LogP contribution in [-0.2, 0) is 0 Å². The van der Waals surface area contributed by atoms with E-state index in [-0.39, 0.29) is 19.2 Å². The highest BCUT2D eigenvalue weighted by Crippen LogP contribution is 2.18. The summed E-state index contributed by atoms with van der Waals surface area (Å²) in [4.78, 5) is 12.7. The molecule has 2 amide bonds. The van der Waals surface area contributed by atoms with Crippen molar-refractivity contribution >= 4 is 27.8 Å². The average molecular weight is 263 g/mol. The van der Waals surface area contributed by atoms with Crippen LogP contribution in [0.25, 0.3) is 0 Å². The van der Waals surface area contributed by atoms with Crippen LogP contribution in [0.2, 0.25) is 0 Å². The first-order valence-corrected chi connectivity index (χ1v) is 4.81. The molecule has 1 heterocycles. The maximum absolute atomic E-state index is 11.3. The topological polar surface area (TPSA) is 65.7 Å². The molecule has 0 atom stereocenters. The van der Waals surface area contributed by atoms with E-state index in [1.165, 1.54) is 4.90 Å². The van der Waals surface area contributed by atoms with E-state index in [1.807, 2.05) is 0 Å². The van der Waals surface area contributed by atoms with Gasteiger partial charge in [0, 0.05) is 19.7 Å². The second-order valence-corrected chi connectivity index (χ2v) is 3.46. The highest BCUT2D eigenvalue weighted by Gasteiger charge is 2.09. The van der Waals surface area contributed by atoms with Crippen LogP contribution >= 0.6 is 15.9 Å². The van der Waals surface area contributed by atoms with Gasteiger partial charge in [0.2, 0.25) is 5.88 Å². The van der Waals surface area contributed by atoms with Gasteiger partial charge in [-0.1, -0.05) is 0 Å². The summed E-state index contributed by atoms with van der Waals surface area (Å²) in [5.41, 5.74) is 0. The normalized spacial score (nSPS) is 9.93. The van der Waals surface area contributed by atoms with Gasteiger partial charge in [-0.3, -0.25) is 5.32 Å². The second kappa shape index (κ2) is 5.02. The smallest absolute Gasteiger partial charge is 0.323 e. The first-order chi connectivity index (χ1) is 6.63. The van der Waals surface area contributed by atoms with Crippen LogP contribution in [0, 0.1) is 0 Å². The highest BCUT2D eigenvalue weighted by atomic mass is 79.9. The molecule has 0 bridgehead atoms. The van der Waals surface area contributed by atoms with E-state index in [1.54, 1.807) is 19.2 Å². The Morgan fingerprint density at radius 2 is 2.43 bits per heavy atom. The molecule has 0 saturated heterocycles. The molecule has 0 radical (unpaired) electrons. The number of carbonyl (C=O) groups excluding carboxylic acids is 1. The first-order valence-electron chi connectivity index (χ1n) is 4.02. The number of halogens is 1. The van der Waals surface area contributed by atoms with Gasteiger partial charge >= 0.3 is 6.03 Å². The number of nitrogens with zero attached hydrogens (tertiary/aromatic N) is 1. The molecule has 5 nitrogen and oxygen atoms in total. The number of furan rings is 1. The van der Waals surface area contributed by atoms with Crippen LogP contribution in [0.1, 0.15) is 0 Å². The third-order valence-corrected chi connectivity index (χ3v) is 2.01. The molecular formula is C8H11BrN2O3. The van der Waals surface area contributed by atoms with Crippen molar-refractivity contribution in [1.82, 2.24) is 4.90 Å². The van der Waals surface area contributed by atoms with Gasteiger partial charge in [0.05, 0.1) is 6.61 Å². The largest absolute Gasteiger partial charge is 0.434 e. The fourth-order valence-corrected chi connectivity index (χ4v) is 1.14. The minimum atomic E-state index is -0.319. The van der Waals surface area contributed by atoms with Crippen LogP contribution in [0.5, 0.6) is 0 Å². The van der Waals surface area contributed by atoms with Gasteiger partial charge in [0.15, 0.2) is 4.67 Å². The van der Waals surface area contributed by atoms with Crippen molar-refractivity contribution < 1.29 is 14.3 Å². The fraction of sp³-hybridized carbons (Fsp3) is 0.375. The van der Waals surface area contributed by atoms with Crippen LogP contribution < -0.4 is 5.32 Å². The number of rotatable bonds is 3. The summed E-state index contributed by atoms with van der Waals surface area (Å²) in [5, 5.41) is 11.1. The average Bonchev–Trinajstić information content (AvgIpc) is 2.51. The van der Waals surface area contributed by atoms with E-state index in [4.69, 9.17) is 9.52 Å². The highest BCUT2D eigenvalue weighted by molar-refractivity contribution is 9.10. The summed E-state index contributed by atoms with van der Waals surface area (Å²) in [6, 6.07) is 3.00. The van der Waals surface area contributed by atoms with E-state index in [0.717, 1.165) is 0 Å². The molecule has 0 spiro atoms. The standard InChI is InChI=1S/C8H11BrN2O3/c1-11(4-5-12)8(13)10-7-3-2-6(9)14-7/h2-3,12H,4-5H2,1H3,(H,10,13). The number of aliphatic hydroxyl groups is 1. The Morgan fingerprint density at radius 1 is 1.71 bits per heavy atom. The Balaban J connectivity index is 2.48. The summed E-state index contributed by atoms with van der Waals surface area (Å²) >= 11 is 3.12. The van der Waals surface area contributed by atoms with Crippen molar-refractivity contribution in [2.24, 2.45) is 0 Å². The van der Waals surface area contributed by atoms with E-state index in [0.29, 0.717) is 10.6 Å². The number of aliphatic hydroxyl groups excluding tert-OH is 1.